The number of amides is 2. The van der Waals surface area contributed by atoms with Gasteiger partial charge in [-0.1, -0.05) is 47.2 Å². The van der Waals surface area contributed by atoms with Crippen molar-refractivity contribution in [3.63, 3.8) is 0 Å². The average molecular weight is 532 g/mol. The second-order valence-corrected chi connectivity index (χ2v) is 10.8. The van der Waals surface area contributed by atoms with Gasteiger partial charge in [-0.05, 0) is 67.8 Å². The number of nitrogens with zero attached hydrogens (tertiary/aromatic N) is 4. The van der Waals surface area contributed by atoms with Gasteiger partial charge in [-0.3, -0.25) is 9.59 Å². The molecule has 1 N–H and O–H groups in total. The average Bonchev–Trinajstić information content (AvgIpc) is 3.67. The summed E-state index contributed by atoms with van der Waals surface area (Å²) in [7, 11) is 0. The molecule has 2 aromatic heterocycles. The summed E-state index contributed by atoms with van der Waals surface area (Å²) in [5.41, 5.74) is 4.79. The molecule has 0 saturated carbocycles. The van der Waals surface area contributed by atoms with Crippen LogP contribution < -0.4 is 5.32 Å². The van der Waals surface area contributed by atoms with E-state index >= 15 is 0 Å². The molecule has 1 saturated heterocycles. The number of carbonyl (C=O) groups excluding carboxylic acids is 2. The summed E-state index contributed by atoms with van der Waals surface area (Å²) in [6.45, 7) is 5.59. The topological polar surface area (TPSA) is 89.4 Å². The molecule has 198 valence electrons. The van der Waals surface area contributed by atoms with Crippen molar-refractivity contribution in [1.82, 2.24) is 25.2 Å². The van der Waals surface area contributed by atoms with Gasteiger partial charge in [0.15, 0.2) is 0 Å². The van der Waals surface area contributed by atoms with Gasteiger partial charge in [0, 0.05) is 24.6 Å². The van der Waals surface area contributed by atoms with E-state index in [9.17, 15) is 9.59 Å². The predicted molar refractivity (Wildman–Crippen MR) is 148 cm³/mol. The zero-order valence-electron chi connectivity index (χ0n) is 21.8. The van der Waals surface area contributed by atoms with Crippen molar-refractivity contribution >= 4 is 34.2 Å². The Labute approximate surface area is 226 Å². The van der Waals surface area contributed by atoms with E-state index in [1.165, 1.54) is 11.3 Å². The van der Waals surface area contributed by atoms with E-state index in [0.717, 1.165) is 52.0 Å². The number of aromatic nitrogens is 3. The molecule has 1 fully saturated rings. The van der Waals surface area contributed by atoms with E-state index in [0.29, 0.717) is 19.5 Å². The number of rotatable bonds is 10. The van der Waals surface area contributed by atoms with Crippen molar-refractivity contribution in [3.8, 4) is 0 Å². The lowest BCUT2D eigenvalue weighted by molar-refractivity contribution is -0.141. The highest BCUT2D eigenvalue weighted by Gasteiger charge is 2.34. The Hall–Kier alpha value is -3.56. The van der Waals surface area contributed by atoms with Crippen LogP contribution in [0, 0.1) is 13.8 Å². The van der Waals surface area contributed by atoms with Gasteiger partial charge in [0.25, 0.3) is 0 Å². The fraction of sp³-hybridized carbons (Fsp3) is 0.379. The molecular weight excluding hydrogens is 498 g/mol. The molecular formula is C29H33N5O3S. The number of hydrogen-bond acceptors (Lipinski definition) is 6. The smallest absolute Gasteiger partial charge is 0.248 e. The van der Waals surface area contributed by atoms with Crippen LogP contribution >= 0.6 is 11.3 Å². The Kier molecular flexibility index (Phi) is 8.14. The van der Waals surface area contributed by atoms with E-state index in [-0.39, 0.29) is 24.5 Å². The molecule has 1 aliphatic rings. The van der Waals surface area contributed by atoms with E-state index in [1.807, 2.05) is 48.7 Å². The van der Waals surface area contributed by atoms with Crippen molar-refractivity contribution in [3.05, 3.63) is 81.5 Å². The Morgan fingerprint density at radius 1 is 1.18 bits per heavy atom. The first kappa shape index (κ1) is 26.1. The summed E-state index contributed by atoms with van der Waals surface area (Å²) in [5.74, 6) is -0.370. The number of nitrogens with one attached hydrogen (secondary N) is 1. The highest BCUT2D eigenvalue weighted by Crippen LogP contribution is 2.30. The number of carbonyl (C=O) groups is 2. The SMILES string of the molecule is Cc1cccc(CCN(C(=O)Cn2nnc3ccccc32)[C@H](C(=O)NC[C@@H]2CCCO2)c2sccc2C)c1. The van der Waals surface area contributed by atoms with Crippen molar-refractivity contribution in [2.75, 3.05) is 19.7 Å². The standard InChI is InChI=1S/C29H33N5O3S/c1-20-7-5-8-22(17-20)12-14-33(26(35)19-34-25-11-4-3-10-24(25)31-32-34)27(28-21(2)13-16-38-28)29(36)30-18-23-9-6-15-37-23/h3-5,7-8,10-11,13,16-17,23,27H,6,9,12,14-15,18-19H2,1-2H3,(H,30,36)/t23-,27-/m0/s1. The van der Waals surface area contributed by atoms with Crippen LogP contribution in [0.5, 0.6) is 0 Å². The summed E-state index contributed by atoms with van der Waals surface area (Å²) in [6.07, 6.45) is 2.58. The monoisotopic (exact) mass is 531 g/mol. The fourth-order valence-corrected chi connectivity index (χ4v) is 5.99. The second-order valence-electron chi connectivity index (χ2n) is 9.81. The van der Waals surface area contributed by atoms with Crippen LogP contribution in [0.1, 0.15) is 40.5 Å². The molecule has 8 nitrogen and oxygen atoms in total. The van der Waals surface area contributed by atoms with Gasteiger partial charge >= 0.3 is 0 Å². The van der Waals surface area contributed by atoms with Gasteiger partial charge in [-0.2, -0.15) is 0 Å². The third-order valence-corrected chi connectivity index (χ3v) is 8.06. The van der Waals surface area contributed by atoms with Crippen LogP contribution in [0.4, 0.5) is 0 Å². The Bertz CT molecular complexity index is 1410. The van der Waals surface area contributed by atoms with Gasteiger partial charge < -0.3 is 15.0 Å². The van der Waals surface area contributed by atoms with Crippen LogP contribution in [0.25, 0.3) is 11.0 Å². The highest BCUT2D eigenvalue weighted by atomic mass is 32.1. The number of hydrogen-bond donors (Lipinski definition) is 1. The minimum atomic E-state index is -0.747. The third kappa shape index (κ3) is 5.95. The van der Waals surface area contributed by atoms with Gasteiger partial charge in [-0.15, -0.1) is 16.4 Å². The summed E-state index contributed by atoms with van der Waals surface area (Å²) in [4.78, 5) is 30.4. The lowest BCUT2D eigenvalue weighted by Gasteiger charge is -2.31. The minimum Gasteiger partial charge on any atom is -0.376 e. The van der Waals surface area contributed by atoms with E-state index in [2.05, 4.69) is 40.8 Å². The van der Waals surface area contributed by atoms with Crippen LogP contribution in [-0.2, 0) is 27.3 Å². The molecule has 2 amide bonds. The first-order valence-corrected chi connectivity index (χ1v) is 13.9. The molecule has 0 spiro atoms. The number of ether oxygens (including phenoxy) is 1. The lowest BCUT2D eigenvalue weighted by atomic mass is 10.1. The van der Waals surface area contributed by atoms with Gasteiger partial charge in [0.1, 0.15) is 18.1 Å². The predicted octanol–water partition coefficient (Wildman–Crippen LogP) is 4.22. The zero-order valence-corrected chi connectivity index (χ0v) is 22.6. The van der Waals surface area contributed by atoms with E-state index in [4.69, 9.17) is 4.74 Å². The minimum absolute atomic E-state index is 0.00568. The van der Waals surface area contributed by atoms with Crippen molar-refractivity contribution in [2.24, 2.45) is 0 Å². The van der Waals surface area contributed by atoms with Crippen LogP contribution in [0.3, 0.4) is 0 Å². The number of fused-ring (bicyclic) bond motifs is 1. The molecule has 9 heteroatoms. The second kappa shape index (κ2) is 11.9. The first-order valence-electron chi connectivity index (χ1n) is 13.1. The molecule has 0 radical (unpaired) electrons. The first-order chi connectivity index (χ1) is 18.5. The maximum Gasteiger partial charge on any atom is 0.248 e. The van der Waals surface area contributed by atoms with Crippen molar-refractivity contribution < 1.29 is 14.3 Å². The largest absolute Gasteiger partial charge is 0.376 e. The molecule has 0 unspecified atom stereocenters. The summed E-state index contributed by atoms with van der Waals surface area (Å²) >= 11 is 1.50. The Morgan fingerprint density at radius 3 is 2.82 bits per heavy atom. The lowest BCUT2D eigenvalue weighted by Crippen LogP contribution is -2.47. The van der Waals surface area contributed by atoms with Crippen LogP contribution in [0.15, 0.2) is 60.0 Å². The maximum atomic E-state index is 14.0. The number of thiophene rings is 1. The molecule has 4 aromatic rings. The van der Waals surface area contributed by atoms with Crippen molar-refractivity contribution in [1.29, 1.82) is 0 Å². The summed E-state index contributed by atoms with van der Waals surface area (Å²) in [5, 5.41) is 13.5. The van der Waals surface area contributed by atoms with E-state index in [1.54, 1.807) is 9.58 Å². The molecule has 3 heterocycles. The molecule has 0 aliphatic carbocycles. The van der Waals surface area contributed by atoms with Gasteiger partial charge in [-0.25, -0.2) is 4.68 Å². The molecule has 0 bridgehead atoms. The van der Waals surface area contributed by atoms with Crippen LogP contribution in [0.2, 0.25) is 0 Å². The number of benzene rings is 2. The normalized spacial score (nSPS) is 16.0. The van der Waals surface area contributed by atoms with Crippen molar-refractivity contribution in [2.45, 2.75) is 51.8 Å². The summed E-state index contributed by atoms with van der Waals surface area (Å²) in [6, 6.07) is 17.1. The van der Waals surface area contributed by atoms with Gasteiger partial charge in [0.2, 0.25) is 11.8 Å². The molecule has 2 aromatic carbocycles. The third-order valence-electron chi connectivity index (χ3n) is 6.99. The van der Waals surface area contributed by atoms with E-state index < -0.39 is 6.04 Å². The Morgan fingerprint density at radius 2 is 2.05 bits per heavy atom. The number of para-hydroxylation sites is 1. The molecule has 1 aliphatic heterocycles. The molecule has 38 heavy (non-hydrogen) atoms. The number of aryl methyl sites for hydroxylation is 2. The highest BCUT2D eigenvalue weighted by molar-refractivity contribution is 7.10. The quantitative estimate of drug-likeness (QED) is 0.331. The van der Waals surface area contributed by atoms with Crippen LogP contribution in [-0.4, -0.2) is 57.5 Å². The van der Waals surface area contributed by atoms with Gasteiger partial charge in [0.05, 0.1) is 11.6 Å². The molecule has 2 atom stereocenters. The Balaban J connectivity index is 1.45. The maximum absolute atomic E-state index is 14.0. The zero-order chi connectivity index (χ0) is 26.5. The fourth-order valence-electron chi connectivity index (χ4n) is 4.95. The summed E-state index contributed by atoms with van der Waals surface area (Å²) < 4.78 is 7.33. The molecule has 5 rings (SSSR count).